The van der Waals surface area contributed by atoms with E-state index in [4.69, 9.17) is 0 Å². The van der Waals surface area contributed by atoms with Gasteiger partial charge in [0.1, 0.15) is 0 Å². The van der Waals surface area contributed by atoms with Crippen molar-refractivity contribution in [3.05, 3.63) is 23.8 Å². The number of aryl methyl sites for hydroxylation is 1. The summed E-state index contributed by atoms with van der Waals surface area (Å²) in [4.78, 5) is 0. The summed E-state index contributed by atoms with van der Waals surface area (Å²) in [6, 6.07) is 7.56. The Morgan fingerprint density at radius 3 is 1.75 bits per heavy atom. The van der Waals surface area contributed by atoms with Crippen molar-refractivity contribution in [2.24, 2.45) is 0 Å². The van der Waals surface area contributed by atoms with Crippen molar-refractivity contribution in [2.45, 2.75) is 48.1 Å². The number of hydrogen-bond donors (Lipinski definition) is 0. The molecule has 0 amide bonds. The van der Waals surface area contributed by atoms with Crippen LogP contribution in [-0.2, 0) is 6.42 Å². The van der Waals surface area contributed by atoms with Crippen LogP contribution in [0.15, 0.2) is 18.2 Å². The van der Waals surface area contributed by atoms with Crippen LogP contribution in [-0.4, -0.2) is 32.4 Å². The topological polar surface area (TPSA) is 0 Å². The fraction of sp³-hybridized carbons (Fsp3) is 0.571. The number of hydrogen-bond acceptors (Lipinski definition) is 0. The molecule has 0 spiro atoms. The standard InChI is InChI=1S/C10H12.4CH3.2Ga/c1-2-3-7-10-8-5-4-6-9-10;;;;;;/h4,8-9H,2-3,7H2,1H3;4*1H3;;. The van der Waals surface area contributed by atoms with E-state index in [0.717, 1.165) is 0 Å². The molecule has 0 unspecified atom stereocenters. The Kier molecular flexibility index (Phi) is 6.41. The van der Waals surface area contributed by atoms with E-state index >= 15 is 0 Å². The summed E-state index contributed by atoms with van der Waals surface area (Å²) < 4.78 is 3.46. The molecule has 2 heteroatoms. The maximum atomic E-state index is 2.55. The fourth-order valence-corrected chi connectivity index (χ4v) is 7.29. The van der Waals surface area contributed by atoms with Crippen LogP contribution in [0.1, 0.15) is 25.3 Å². The Balaban J connectivity index is 2.99. The molecule has 0 aliphatic carbocycles. The molecular weight excluding hydrogens is 308 g/mol. The third-order valence-corrected chi connectivity index (χ3v) is 10.2. The molecule has 1 aromatic rings. The van der Waals surface area contributed by atoms with Gasteiger partial charge in [0.25, 0.3) is 0 Å². The summed E-state index contributed by atoms with van der Waals surface area (Å²) in [7, 11) is 0. The second-order valence-corrected chi connectivity index (χ2v) is 17.9. The van der Waals surface area contributed by atoms with Gasteiger partial charge in [-0.2, -0.15) is 0 Å². The summed E-state index contributed by atoms with van der Waals surface area (Å²) in [5.41, 5.74) is 11.6. The molecule has 0 saturated heterocycles. The zero-order chi connectivity index (χ0) is 12.1. The zero-order valence-electron chi connectivity index (χ0n) is 11.5. The Morgan fingerprint density at radius 2 is 1.38 bits per heavy atom. The van der Waals surface area contributed by atoms with Crippen molar-refractivity contribution in [3.63, 3.8) is 0 Å². The molecule has 0 aliphatic rings. The van der Waals surface area contributed by atoms with E-state index in [1.807, 2.05) is 0 Å². The zero-order valence-corrected chi connectivity index (χ0v) is 16.4. The normalized spacial score (nSPS) is 10.3. The van der Waals surface area contributed by atoms with E-state index in [1.165, 1.54) is 19.3 Å². The first kappa shape index (κ1) is 14.6. The quantitative estimate of drug-likeness (QED) is 0.728. The minimum atomic E-state index is -1.08. The van der Waals surface area contributed by atoms with Gasteiger partial charge in [0.2, 0.25) is 0 Å². The summed E-state index contributed by atoms with van der Waals surface area (Å²) in [5, 5.41) is 0. The van der Waals surface area contributed by atoms with E-state index in [2.05, 4.69) is 47.0 Å². The summed E-state index contributed by atoms with van der Waals surface area (Å²) in [6.45, 7) is 2.28. The SMILES string of the molecule is CCCCc1c[c]([Ga]([CH3])[CH3])c[c]([Ga]([CH3])[CH3])c1. The van der Waals surface area contributed by atoms with Crippen molar-refractivity contribution in [3.8, 4) is 0 Å². The van der Waals surface area contributed by atoms with Crippen molar-refractivity contribution >= 4 is 40.7 Å². The van der Waals surface area contributed by atoms with Gasteiger partial charge >= 0.3 is 113 Å². The average Bonchev–Trinajstić information content (AvgIpc) is 2.25. The second-order valence-electron chi connectivity index (χ2n) is 5.42. The van der Waals surface area contributed by atoms with Crippen LogP contribution in [0.3, 0.4) is 0 Å². The first-order valence-corrected chi connectivity index (χ1v) is 18.8. The van der Waals surface area contributed by atoms with Crippen molar-refractivity contribution in [2.75, 3.05) is 0 Å². The second kappa shape index (κ2) is 7.04. The van der Waals surface area contributed by atoms with Crippen LogP contribution >= 0.6 is 0 Å². The molecule has 0 aromatic heterocycles. The van der Waals surface area contributed by atoms with E-state index in [-0.39, 0.29) is 0 Å². The first-order chi connectivity index (χ1) is 7.54. The van der Waals surface area contributed by atoms with Crippen LogP contribution in [0, 0.1) is 0 Å². The molecular formula is C14H24Ga2. The van der Waals surface area contributed by atoms with Gasteiger partial charge < -0.3 is 0 Å². The van der Waals surface area contributed by atoms with E-state index < -0.39 is 32.4 Å². The number of unbranched alkanes of at least 4 members (excludes halogenated alkanes) is 1. The molecule has 0 N–H and O–H groups in total. The van der Waals surface area contributed by atoms with E-state index in [9.17, 15) is 0 Å². The average molecular weight is 332 g/mol. The molecule has 0 bridgehead atoms. The van der Waals surface area contributed by atoms with Crippen molar-refractivity contribution < 1.29 is 0 Å². The van der Waals surface area contributed by atoms with Crippen LogP contribution in [0.5, 0.6) is 0 Å². The number of benzene rings is 1. The van der Waals surface area contributed by atoms with E-state index in [0.29, 0.717) is 0 Å². The molecule has 1 rings (SSSR count). The van der Waals surface area contributed by atoms with Gasteiger partial charge in [0.05, 0.1) is 0 Å². The predicted octanol–water partition coefficient (Wildman–Crippen LogP) is 2.95. The van der Waals surface area contributed by atoms with Gasteiger partial charge in [0.15, 0.2) is 0 Å². The summed E-state index contributed by atoms with van der Waals surface area (Å²) in [6.07, 6.45) is 3.95. The van der Waals surface area contributed by atoms with Gasteiger partial charge in [-0.25, -0.2) is 0 Å². The Morgan fingerprint density at radius 1 is 0.875 bits per heavy atom. The molecule has 16 heavy (non-hydrogen) atoms. The van der Waals surface area contributed by atoms with Gasteiger partial charge in [0, 0.05) is 0 Å². The molecule has 0 nitrogen and oxygen atoms in total. The molecule has 0 heterocycles. The molecule has 0 saturated carbocycles. The predicted molar refractivity (Wildman–Crippen MR) is 79.3 cm³/mol. The van der Waals surface area contributed by atoms with Crippen LogP contribution in [0.4, 0.5) is 0 Å². The molecule has 1 aromatic carbocycles. The third kappa shape index (κ3) is 4.40. The molecule has 0 atom stereocenters. The first-order valence-electron chi connectivity index (χ1n) is 6.68. The molecule has 86 valence electrons. The Labute approximate surface area is 112 Å². The monoisotopic (exact) mass is 330 g/mol. The van der Waals surface area contributed by atoms with Crippen LogP contribution in [0.2, 0.25) is 21.9 Å². The molecule has 0 aliphatic heterocycles. The Bertz CT molecular complexity index is 303. The van der Waals surface area contributed by atoms with Crippen LogP contribution in [0.25, 0.3) is 0 Å². The number of rotatable bonds is 5. The minimum absolute atomic E-state index is 1.08. The third-order valence-electron chi connectivity index (χ3n) is 3.19. The van der Waals surface area contributed by atoms with Crippen LogP contribution < -0.4 is 8.24 Å². The summed E-state index contributed by atoms with van der Waals surface area (Å²) in [5.74, 6) is 0. The Hall–Kier alpha value is 0.493. The maximum absolute atomic E-state index is 2.55. The molecule has 0 radical (unpaired) electrons. The molecule has 0 fully saturated rings. The summed E-state index contributed by atoms with van der Waals surface area (Å²) >= 11 is -2.17. The van der Waals surface area contributed by atoms with Gasteiger partial charge in [-0.3, -0.25) is 0 Å². The van der Waals surface area contributed by atoms with Gasteiger partial charge in [-0.1, -0.05) is 0 Å². The van der Waals surface area contributed by atoms with Gasteiger partial charge in [-0.15, -0.1) is 0 Å². The van der Waals surface area contributed by atoms with E-state index in [1.54, 1.807) is 13.8 Å². The van der Waals surface area contributed by atoms with Gasteiger partial charge in [-0.05, 0) is 0 Å². The fourth-order valence-electron chi connectivity index (χ4n) is 1.94. The van der Waals surface area contributed by atoms with Crippen molar-refractivity contribution in [1.82, 2.24) is 0 Å². The van der Waals surface area contributed by atoms with Crippen molar-refractivity contribution in [1.29, 1.82) is 0 Å².